The van der Waals surface area contributed by atoms with Crippen molar-refractivity contribution in [2.45, 2.75) is 0 Å². The minimum absolute atomic E-state index is 0.0157. The fraction of sp³-hybridized carbons (Fsp3) is 0. The molecule has 0 saturated heterocycles. The third kappa shape index (κ3) is 2.31. The van der Waals surface area contributed by atoms with Gasteiger partial charge in [-0.2, -0.15) is 0 Å². The molecule has 3 rings (SSSR count). The maximum absolute atomic E-state index is 12.2. The van der Waals surface area contributed by atoms with Crippen LogP contribution in [-0.2, 0) is 0 Å². The average Bonchev–Trinajstić information content (AvgIpc) is 2.98. The first-order valence-electron chi connectivity index (χ1n) is 5.90. The van der Waals surface area contributed by atoms with E-state index in [0.717, 1.165) is 5.69 Å². The topological polar surface area (TPSA) is 60.7 Å². The van der Waals surface area contributed by atoms with Crippen molar-refractivity contribution in [1.29, 1.82) is 0 Å². The van der Waals surface area contributed by atoms with Crippen LogP contribution in [0.2, 0.25) is 5.02 Å². The molecule has 0 N–H and O–H groups in total. The zero-order valence-electron chi connectivity index (χ0n) is 10.3. The molecule has 3 aromatic rings. The summed E-state index contributed by atoms with van der Waals surface area (Å²) in [4.78, 5) is 13.6. The summed E-state index contributed by atoms with van der Waals surface area (Å²) >= 11 is 5.99. The summed E-state index contributed by atoms with van der Waals surface area (Å²) in [5.74, 6) is -0.334. The predicted octanol–water partition coefficient (Wildman–Crippen LogP) is 2.55. The van der Waals surface area contributed by atoms with Crippen LogP contribution in [0, 0.1) is 0 Å². The van der Waals surface area contributed by atoms with Crippen LogP contribution < -0.4 is 0 Å². The Balaban J connectivity index is 1.95. The third-order valence-corrected chi connectivity index (χ3v) is 3.05. The van der Waals surface area contributed by atoms with Gasteiger partial charge in [-0.1, -0.05) is 41.9 Å². The molecule has 1 heterocycles. The van der Waals surface area contributed by atoms with Crippen LogP contribution in [0.15, 0.2) is 54.6 Å². The Bertz CT molecular complexity index is 755. The van der Waals surface area contributed by atoms with E-state index in [0.29, 0.717) is 10.6 Å². The Kier molecular flexibility index (Phi) is 3.26. The highest BCUT2D eigenvalue weighted by Gasteiger charge is 2.18. The molecule has 2 aromatic carbocycles. The minimum atomic E-state index is -0.349. The SMILES string of the molecule is O=C(c1nnn(-c2ccccc2)n1)c1ccccc1Cl. The first kappa shape index (κ1) is 12.5. The van der Waals surface area contributed by atoms with Crippen LogP contribution >= 0.6 is 11.6 Å². The van der Waals surface area contributed by atoms with E-state index in [1.807, 2.05) is 30.3 Å². The number of aromatic nitrogens is 4. The predicted molar refractivity (Wildman–Crippen MR) is 74.0 cm³/mol. The molecule has 0 aliphatic rings. The van der Waals surface area contributed by atoms with Crippen molar-refractivity contribution >= 4 is 17.4 Å². The number of rotatable bonds is 3. The van der Waals surface area contributed by atoms with E-state index in [1.165, 1.54) is 4.80 Å². The van der Waals surface area contributed by atoms with Gasteiger partial charge in [0.25, 0.3) is 0 Å². The van der Waals surface area contributed by atoms with Crippen LogP contribution in [0.5, 0.6) is 0 Å². The molecule has 0 spiro atoms. The lowest BCUT2D eigenvalue weighted by Gasteiger charge is -1.98. The second-order valence-corrected chi connectivity index (χ2v) is 4.45. The number of carbonyl (C=O) groups excluding carboxylic acids is 1. The standard InChI is InChI=1S/C14H9ClN4O/c15-12-9-5-4-8-11(12)13(20)14-16-18-19(17-14)10-6-2-1-3-7-10/h1-9H. The molecule has 98 valence electrons. The monoisotopic (exact) mass is 284 g/mol. The van der Waals surface area contributed by atoms with Crippen molar-refractivity contribution in [1.82, 2.24) is 20.2 Å². The molecular weight excluding hydrogens is 276 g/mol. The molecule has 1 aromatic heterocycles. The Labute approximate surface area is 119 Å². The third-order valence-electron chi connectivity index (χ3n) is 2.72. The highest BCUT2D eigenvalue weighted by molar-refractivity contribution is 6.34. The summed E-state index contributed by atoms with van der Waals surface area (Å²) in [6.45, 7) is 0. The van der Waals surface area contributed by atoms with Gasteiger partial charge in [-0.05, 0) is 29.5 Å². The summed E-state index contributed by atoms with van der Waals surface area (Å²) in [6, 6.07) is 16.0. The number of tetrazole rings is 1. The molecule has 0 radical (unpaired) electrons. The quantitative estimate of drug-likeness (QED) is 0.694. The highest BCUT2D eigenvalue weighted by atomic mass is 35.5. The number of hydrogen-bond donors (Lipinski definition) is 0. The zero-order valence-corrected chi connectivity index (χ0v) is 11.0. The van der Waals surface area contributed by atoms with E-state index in [1.54, 1.807) is 24.3 Å². The van der Waals surface area contributed by atoms with Gasteiger partial charge >= 0.3 is 0 Å². The first-order chi connectivity index (χ1) is 9.75. The number of ketones is 1. The van der Waals surface area contributed by atoms with Crippen LogP contribution in [0.1, 0.15) is 16.2 Å². The Morgan fingerprint density at radius 1 is 1.00 bits per heavy atom. The number of benzene rings is 2. The summed E-state index contributed by atoms with van der Waals surface area (Å²) in [5.41, 5.74) is 1.10. The number of hydrogen-bond acceptors (Lipinski definition) is 4. The largest absolute Gasteiger partial charge is 0.285 e. The summed E-state index contributed by atoms with van der Waals surface area (Å²) in [6.07, 6.45) is 0. The minimum Gasteiger partial charge on any atom is -0.285 e. The van der Waals surface area contributed by atoms with Crippen molar-refractivity contribution in [2.75, 3.05) is 0 Å². The van der Waals surface area contributed by atoms with Crippen molar-refractivity contribution in [3.63, 3.8) is 0 Å². The first-order valence-corrected chi connectivity index (χ1v) is 6.28. The lowest BCUT2D eigenvalue weighted by molar-refractivity contribution is 0.102. The second kappa shape index (κ2) is 5.22. The van der Waals surface area contributed by atoms with Gasteiger partial charge in [-0.25, -0.2) is 0 Å². The van der Waals surface area contributed by atoms with Crippen molar-refractivity contribution in [2.24, 2.45) is 0 Å². The maximum atomic E-state index is 12.2. The molecular formula is C14H9ClN4O. The maximum Gasteiger partial charge on any atom is 0.245 e. The molecule has 0 aliphatic carbocycles. The lowest BCUT2D eigenvalue weighted by atomic mass is 10.1. The molecule has 0 saturated carbocycles. The van der Waals surface area contributed by atoms with Crippen molar-refractivity contribution in [3.8, 4) is 5.69 Å². The molecule has 6 heteroatoms. The van der Waals surface area contributed by atoms with Crippen LogP contribution in [0.3, 0.4) is 0 Å². The zero-order chi connectivity index (χ0) is 13.9. The van der Waals surface area contributed by atoms with Gasteiger partial charge in [-0.3, -0.25) is 4.79 Å². The fourth-order valence-electron chi connectivity index (χ4n) is 1.74. The van der Waals surface area contributed by atoms with E-state index < -0.39 is 0 Å². The van der Waals surface area contributed by atoms with E-state index in [4.69, 9.17) is 11.6 Å². The lowest BCUT2D eigenvalue weighted by Crippen LogP contribution is -2.06. The fourth-order valence-corrected chi connectivity index (χ4v) is 1.96. The van der Waals surface area contributed by atoms with E-state index in [2.05, 4.69) is 15.4 Å². The van der Waals surface area contributed by atoms with Gasteiger partial charge in [0.2, 0.25) is 11.6 Å². The number of nitrogens with zero attached hydrogens (tertiary/aromatic N) is 4. The van der Waals surface area contributed by atoms with Crippen LogP contribution in [-0.4, -0.2) is 26.0 Å². The van der Waals surface area contributed by atoms with Crippen molar-refractivity contribution < 1.29 is 4.79 Å². The summed E-state index contributed by atoms with van der Waals surface area (Å²) in [5, 5.41) is 12.1. The van der Waals surface area contributed by atoms with Crippen LogP contribution in [0.4, 0.5) is 0 Å². The summed E-state index contributed by atoms with van der Waals surface area (Å²) in [7, 11) is 0. The second-order valence-electron chi connectivity index (χ2n) is 4.05. The van der Waals surface area contributed by atoms with Crippen molar-refractivity contribution in [3.05, 3.63) is 71.0 Å². The van der Waals surface area contributed by atoms with Gasteiger partial charge in [0.1, 0.15) is 0 Å². The number of para-hydroxylation sites is 1. The van der Waals surface area contributed by atoms with Crippen LogP contribution in [0.25, 0.3) is 5.69 Å². The van der Waals surface area contributed by atoms with Gasteiger partial charge in [0.15, 0.2) is 0 Å². The summed E-state index contributed by atoms with van der Waals surface area (Å²) < 4.78 is 0. The van der Waals surface area contributed by atoms with Gasteiger partial charge < -0.3 is 0 Å². The Morgan fingerprint density at radius 3 is 2.45 bits per heavy atom. The molecule has 5 nitrogen and oxygen atoms in total. The molecule has 0 aliphatic heterocycles. The molecule has 0 atom stereocenters. The Morgan fingerprint density at radius 2 is 1.70 bits per heavy atom. The average molecular weight is 285 g/mol. The van der Waals surface area contributed by atoms with E-state index in [9.17, 15) is 4.79 Å². The molecule has 0 bridgehead atoms. The van der Waals surface area contributed by atoms with Gasteiger partial charge in [0, 0.05) is 5.56 Å². The van der Waals surface area contributed by atoms with Gasteiger partial charge in [-0.15, -0.1) is 15.0 Å². The Hall–Kier alpha value is -2.53. The molecule has 0 unspecified atom stereocenters. The van der Waals surface area contributed by atoms with E-state index in [-0.39, 0.29) is 11.6 Å². The normalized spacial score (nSPS) is 10.4. The van der Waals surface area contributed by atoms with E-state index >= 15 is 0 Å². The molecule has 20 heavy (non-hydrogen) atoms. The number of halogens is 1. The van der Waals surface area contributed by atoms with Gasteiger partial charge in [0.05, 0.1) is 10.7 Å². The molecule has 0 fully saturated rings. The number of carbonyl (C=O) groups is 1. The smallest absolute Gasteiger partial charge is 0.245 e. The highest BCUT2D eigenvalue weighted by Crippen LogP contribution is 2.17. The molecule has 0 amide bonds.